The third-order valence-electron chi connectivity index (χ3n) is 9.51. The number of fused-ring (bicyclic) bond motifs is 2. The van der Waals surface area contributed by atoms with Gasteiger partial charge in [0.15, 0.2) is 17.8 Å². The second-order valence-electron chi connectivity index (χ2n) is 14.3. The van der Waals surface area contributed by atoms with Crippen molar-refractivity contribution in [1.29, 1.82) is 0 Å². The quantitative estimate of drug-likeness (QED) is 0.0789. The van der Waals surface area contributed by atoms with Gasteiger partial charge < -0.3 is 58.6 Å². The number of alkyl carbamates (subject to hydrolysis) is 1. The van der Waals surface area contributed by atoms with Gasteiger partial charge in [0.05, 0.1) is 49.4 Å². The molecule has 2 fully saturated rings. The summed E-state index contributed by atoms with van der Waals surface area (Å²) in [4.78, 5) is 25.3. The van der Waals surface area contributed by atoms with Crippen molar-refractivity contribution in [3.63, 3.8) is 0 Å². The first-order valence-electron chi connectivity index (χ1n) is 18.7. The molecule has 0 bridgehead atoms. The highest BCUT2D eigenvalue weighted by molar-refractivity contribution is 7.89. The summed E-state index contributed by atoms with van der Waals surface area (Å²) in [7, 11) is -2.76. The highest BCUT2D eigenvalue weighted by atomic mass is 32.2. The minimum atomic E-state index is -4.12. The molecule has 310 valence electrons. The Hall–Kier alpha value is -4.85. The molecular formula is C39H48N3O14S-. The predicted molar refractivity (Wildman–Crippen MR) is 204 cm³/mol. The van der Waals surface area contributed by atoms with Crippen LogP contribution in [-0.2, 0) is 35.4 Å². The number of sulfonamides is 1. The summed E-state index contributed by atoms with van der Waals surface area (Å²) in [5.74, 6) is 1.33. The molecule has 0 spiro atoms. The van der Waals surface area contributed by atoms with Crippen LogP contribution < -0.4 is 29.3 Å². The third-order valence-corrected chi connectivity index (χ3v) is 11.3. The van der Waals surface area contributed by atoms with Crippen LogP contribution in [0.3, 0.4) is 0 Å². The first-order valence-corrected chi connectivity index (χ1v) is 20.1. The maximum absolute atomic E-state index is 14.0. The van der Waals surface area contributed by atoms with E-state index in [9.17, 15) is 28.3 Å². The lowest BCUT2D eigenvalue weighted by molar-refractivity contribution is -0.0907. The number of ether oxygens (including phenoxy) is 8. The molecule has 0 saturated carbocycles. The number of hydroxylamine groups is 1. The average molecular weight is 815 g/mol. The van der Waals surface area contributed by atoms with Crippen molar-refractivity contribution in [2.45, 2.75) is 62.5 Å². The molecule has 3 aromatic rings. The van der Waals surface area contributed by atoms with Crippen molar-refractivity contribution in [3.8, 4) is 23.0 Å². The number of nitrogens with one attached hydrogen (secondary N) is 1. The SMILES string of the molecule is CC(C)CN(C[C@@H](O)[C@H](Cc1ccc(OCCCOC(=O)Oc2ccc(N(C)[O-])cc2)cc1)NC(=O)O[C@H]1CO[C@H]2OCCC21)S(=O)(=O)c1ccc2c(c1)OCO2. The van der Waals surface area contributed by atoms with E-state index >= 15 is 0 Å². The molecule has 5 atom stereocenters. The van der Waals surface area contributed by atoms with Crippen LogP contribution in [0.1, 0.15) is 32.3 Å². The van der Waals surface area contributed by atoms with Crippen LogP contribution in [0.25, 0.3) is 0 Å². The van der Waals surface area contributed by atoms with Gasteiger partial charge in [0.25, 0.3) is 0 Å². The van der Waals surface area contributed by atoms with Crippen LogP contribution >= 0.6 is 0 Å². The molecule has 1 amide bonds. The number of anilines is 1. The third kappa shape index (κ3) is 11.2. The van der Waals surface area contributed by atoms with E-state index in [2.05, 4.69) is 5.32 Å². The zero-order valence-electron chi connectivity index (χ0n) is 31.9. The Kier molecular flexibility index (Phi) is 14.0. The first-order chi connectivity index (χ1) is 27.3. The Morgan fingerprint density at radius 2 is 1.70 bits per heavy atom. The Bertz CT molecular complexity index is 1910. The molecule has 1 unspecified atom stereocenters. The number of carbonyl (C=O) groups is 2. The summed E-state index contributed by atoms with van der Waals surface area (Å²) in [5.41, 5.74) is 1.13. The molecule has 3 aliphatic heterocycles. The zero-order valence-corrected chi connectivity index (χ0v) is 32.8. The van der Waals surface area contributed by atoms with E-state index in [1.807, 2.05) is 13.8 Å². The van der Waals surface area contributed by atoms with Gasteiger partial charge in [-0.1, -0.05) is 26.0 Å². The smallest absolute Gasteiger partial charge is 0.513 e. The molecule has 2 N–H and O–H groups in total. The summed E-state index contributed by atoms with van der Waals surface area (Å²) in [6.07, 6.45) is -2.79. The molecule has 17 nitrogen and oxygen atoms in total. The minimum Gasteiger partial charge on any atom is -0.758 e. The van der Waals surface area contributed by atoms with Crippen molar-refractivity contribution < 1.29 is 61.0 Å². The summed E-state index contributed by atoms with van der Waals surface area (Å²) in [6, 6.07) is 16.4. The van der Waals surface area contributed by atoms with Crippen molar-refractivity contribution in [3.05, 3.63) is 77.5 Å². The van der Waals surface area contributed by atoms with Crippen molar-refractivity contribution in [2.75, 3.05) is 58.4 Å². The Balaban J connectivity index is 1.06. The molecular weight excluding hydrogens is 767 g/mol. The number of aliphatic hydroxyl groups is 1. The number of nitrogens with zero attached hydrogens (tertiary/aromatic N) is 2. The van der Waals surface area contributed by atoms with Crippen molar-refractivity contribution in [2.24, 2.45) is 11.8 Å². The van der Waals surface area contributed by atoms with Gasteiger partial charge in [0.2, 0.25) is 16.8 Å². The van der Waals surface area contributed by atoms with Crippen molar-refractivity contribution in [1.82, 2.24) is 9.62 Å². The molecule has 18 heteroatoms. The van der Waals surface area contributed by atoms with Crippen LogP contribution in [-0.4, -0.2) is 108 Å². The maximum atomic E-state index is 14.0. The van der Waals surface area contributed by atoms with Gasteiger partial charge in [-0.05, 0) is 79.9 Å². The molecule has 3 heterocycles. The Labute approximate surface area is 331 Å². The van der Waals surface area contributed by atoms with Crippen molar-refractivity contribution >= 4 is 28.0 Å². The fourth-order valence-electron chi connectivity index (χ4n) is 6.58. The number of hydrogen-bond donors (Lipinski definition) is 2. The fourth-order valence-corrected chi connectivity index (χ4v) is 8.22. The molecule has 6 rings (SSSR count). The van der Waals surface area contributed by atoms with Crippen LogP contribution in [0.2, 0.25) is 0 Å². The Morgan fingerprint density at radius 3 is 2.44 bits per heavy atom. The van der Waals surface area contributed by atoms with Gasteiger partial charge in [-0.3, -0.25) is 0 Å². The van der Waals surface area contributed by atoms with E-state index in [-0.39, 0.29) is 68.6 Å². The highest BCUT2D eigenvalue weighted by Crippen LogP contribution is 2.35. The van der Waals surface area contributed by atoms with E-state index in [1.54, 1.807) is 24.3 Å². The summed E-state index contributed by atoms with van der Waals surface area (Å²) >= 11 is 0. The molecule has 57 heavy (non-hydrogen) atoms. The molecule has 0 radical (unpaired) electrons. The van der Waals surface area contributed by atoms with E-state index in [0.29, 0.717) is 47.4 Å². The number of benzene rings is 3. The summed E-state index contributed by atoms with van der Waals surface area (Å²) < 4.78 is 72.8. The molecule has 2 saturated heterocycles. The Morgan fingerprint density at radius 1 is 0.965 bits per heavy atom. The van der Waals surface area contributed by atoms with E-state index in [0.717, 1.165) is 5.56 Å². The summed E-state index contributed by atoms with van der Waals surface area (Å²) in [5, 5.41) is 26.5. The van der Waals surface area contributed by atoms with Crippen LogP contribution in [0.15, 0.2) is 71.6 Å². The number of carbonyl (C=O) groups excluding carboxylic acids is 2. The van der Waals surface area contributed by atoms with E-state index in [1.165, 1.54) is 53.8 Å². The largest absolute Gasteiger partial charge is 0.758 e. The lowest BCUT2D eigenvalue weighted by atomic mass is 10.0. The zero-order chi connectivity index (χ0) is 40.5. The minimum absolute atomic E-state index is 0.0140. The van der Waals surface area contributed by atoms with Gasteiger partial charge in [-0.15, -0.1) is 0 Å². The highest BCUT2D eigenvalue weighted by Gasteiger charge is 2.44. The van der Waals surface area contributed by atoms with Gasteiger partial charge >= 0.3 is 12.2 Å². The van der Waals surface area contributed by atoms with Crippen LogP contribution in [0, 0.1) is 17.0 Å². The maximum Gasteiger partial charge on any atom is 0.513 e. The first kappa shape index (κ1) is 41.8. The lowest BCUT2D eigenvalue weighted by Gasteiger charge is -2.31. The van der Waals surface area contributed by atoms with E-state index < -0.39 is 46.8 Å². The standard InChI is InChI=1S/C39H48N3O14S/c1-25(2)21-42(57(47,48)30-13-14-34-35(20-30)54-24-53-34)22-33(43)32(40-38(44)56-36-23-52-37-31(36)15-18-50-37)19-26-5-9-28(10-6-26)49-16-4-17-51-39(45)55-29-11-7-27(8-12-29)41(3)46/h5-14,20,25,31-33,36-37,43H,4,15-19,21-24H2,1-3H3,(H,40,44)/q-1/t31?,32-,33+,36-,37+/m0/s1. The lowest BCUT2D eigenvalue weighted by Crippen LogP contribution is -2.51. The fraction of sp³-hybridized carbons (Fsp3) is 0.487. The molecule has 0 aliphatic carbocycles. The molecule has 3 aliphatic rings. The number of rotatable bonds is 18. The summed E-state index contributed by atoms with van der Waals surface area (Å²) in [6.45, 7) is 4.45. The normalized spacial score (nSPS) is 19.5. The van der Waals surface area contributed by atoms with Gasteiger partial charge in [-0.25, -0.2) is 18.0 Å². The molecule has 3 aromatic carbocycles. The number of amides is 1. The van der Waals surface area contributed by atoms with E-state index in [4.69, 9.17) is 37.9 Å². The van der Waals surface area contributed by atoms with Crippen LogP contribution in [0.4, 0.5) is 15.3 Å². The number of aliphatic hydroxyl groups excluding tert-OH is 1. The topological polar surface area (TPSA) is 204 Å². The second kappa shape index (κ2) is 19.1. The average Bonchev–Trinajstić information content (AvgIpc) is 3.94. The molecule has 0 aromatic heterocycles. The van der Waals surface area contributed by atoms with Crippen LogP contribution in [0.5, 0.6) is 23.0 Å². The van der Waals surface area contributed by atoms with Gasteiger partial charge in [0.1, 0.15) is 17.6 Å². The second-order valence-corrected chi connectivity index (χ2v) is 16.2. The monoisotopic (exact) mass is 814 g/mol. The number of hydrogen-bond acceptors (Lipinski definition) is 15. The van der Waals surface area contributed by atoms with Gasteiger partial charge in [0, 0.05) is 31.3 Å². The van der Waals surface area contributed by atoms with Gasteiger partial charge in [-0.2, -0.15) is 4.31 Å². The predicted octanol–water partition coefficient (Wildman–Crippen LogP) is 4.44.